The fourth-order valence-corrected chi connectivity index (χ4v) is 1.49. The Balaban J connectivity index is 2.15. The van der Waals surface area contributed by atoms with Crippen LogP contribution < -0.4 is 0 Å². The SMILES string of the molecule is Oc1ccc(-c2nc3ccccc3o2)nc1. The maximum atomic E-state index is 9.13. The zero-order valence-electron chi connectivity index (χ0n) is 8.29. The van der Waals surface area contributed by atoms with Crippen molar-refractivity contribution in [2.75, 3.05) is 0 Å². The minimum absolute atomic E-state index is 0.125. The van der Waals surface area contributed by atoms with Gasteiger partial charge >= 0.3 is 0 Å². The second-order valence-electron chi connectivity index (χ2n) is 3.39. The molecule has 16 heavy (non-hydrogen) atoms. The van der Waals surface area contributed by atoms with E-state index in [-0.39, 0.29) is 5.75 Å². The maximum absolute atomic E-state index is 9.13. The second-order valence-corrected chi connectivity index (χ2v) is 3.39. The number of fused-ring (bicyclic) bond motifs is 1. The first-order valence-electron chi connectivity index (χ1n) is 4.84. The van der Waals surface area contributed by atoms with E-state index < -0.39 is 0 Å². The van der Waals surface area contributed by atoms with Crippen molar-refractivity contribution in [3.8, 4) is 17.3 Å². The first-order chi connectivity index (χ1) is 7.83. The number of para-hydroxylation sites is 2. The van der Waals surface area contributed by atoms with Crippen LogP contribution in [-0.4, -0.2) is 15.1 Å². The Morgan fingerprint density at radius 1 is 1.06 bits per heavy atom. The minimum Gasteiger partial charge on any atom is -0.506 e. The number of oxazole rings is 1. The number of aromatic hydroxyl groups is 1. The van der Waals surface area contributed by atoms with Gasteiger partial charge in [-0.25, -0.2) is 9.97 Å². The van der Waals surface area contributed by atoms with Crippen LogP contribution in [0.15, 0.2) is 47.0 Å². The van der Waals surface area contributed by atoms with Gasteiger partial charge < -0.3 is 9.52 Å². The Morgan fingerprint density at radius 2 is 1.94 bits per heavy atom. The van der Waals surface area contributed by atoms with E-state index in [2.05, 4.69) is 9.97 Å². The van der Waals surface area contributed by atoms with E-state index >= 15 is 0 Å². The van der Waals surface area contributed by atoms with Gasteiger partial charge in [-0.15, -0.1) is 0 Å². The van der Waals surface area contributed by atoms with Gasteiger partial charge in [0.25, 0.3) is 0 Å². The Hall–Kier alpha value is -2.36. The molecule has 0 aliphatic heterocycles. The summed E-state index contributed by atoms with van der Waals surface area (Å²) in [5.74, 6) is 0.584. The predicted molar refractivity (Wildman–Crippen MR) is 58.9 cm³/mol. The summed E-state index contributed by atoms with van der Waals surface area (Å²) < 4.78 is 5.54. The summed E-state index contributed by atoms with van der Waals surface area (Å²) in [4.78, 5) is 8.34. The topological polar surface area (TPSA) is 59.2 Å². The standard InChI is InChI=1S/C12H8N2O2/c15-8-5-6-10(13-7-8)12-14-9-3-1-2-4-11(9)16-12/h1-7,15H. The van der Waals surface area contributed by atoms with E-state index in [1.54, 1.807) is 12.1 Å². The Morgan fingerprint density at radius 3 is 2.69 bits per heavy atom. The molecular weight excluding hydrogens is 204 g/mol. The van der Waals surface area contributed by atoms with E-state index in [9.17, 15) is 0 Å². The fraction of sp³-hybridized carbons (Fsp3) is 0. The molecule has 0 aliphatic rings. The number of rotatable bonds is 1. The van der Waals surface area contributed by atoms with Gasteiger partial charge in [-0.1, -0.05) is 12.1 Å². The summed E-state index contributed by atoms with van der Waals surface area (Å²) in [6, 6.07) is 10.7. The van der Waals surface area contributed by atoms with Crippen LogP contribution in [0.25, 0.3) is 22.7 Å². The Kier molecular flexibility index (Phi) is 1.86. The molecule has 0 aliphatic carbocycles. The average Bonchev–Trinajstić information content (AvgIpc) is 2.73. The van der Waals surface area contributed by atoms with Crippen LogP contribution in [0.3, 0.4) is 0 Å². The molecule has 2 heterocycles. The van der Waals surface area contributed by atoms with Crippen LogP contribution in [0.1, 0.15) is 0 Å². The van der Waals surface area contributed by atoms with Crippen molar-refractivity contribution in [2.24, 2.45) is 0 Å². The first-order valence-corrected chi connectivity index (χ1v) is 4.84. The number of hydrogen-bond donors (Lipinski definition) is 1. The monoisotopic (exact) mass is 212 g/mol. The lowest BCUT2D eigenvalue weighted by Gasteiger charge is -1.93. The number of hydrogen-bond acceptors (Lipinski definition) is 4. The molecule has 0 fully saturated rings. The fourth-order valence-electron chi connectivity index (χ4n) is 1.49. The maximum Gasteiger partial charge on any atom is 0.246 e. The van der Waals surface area contributed by atoms with Gasteiger partial charge in [-0.2, -0.15) is 0 Å². The molecule has 4 heteroatoms. The lowest BCUT2D eigenvalue weighted by molar-refractivity contribution is 0.472. The second kappa shape index (κ2) is 3.34. The van der Waals surface area contributed by atoms with Crippen molar-refractivity contribution in [2.45, 2.75) is 0 Å². The summed E-state index contributed by atoms with van der Waals surface area (Å²) in [7, 11) is 0. The highest BCUT2D eigenvalue weighted by Gasteiger charge is 2.08. The molecule has 0 amide bonds. The van der Waals surface area contributed by atoms with Gasteiger partial charge in [-0.3, -0.25) is 0 Å². The molecule has 0 saturated carbocycles. The molecule has 0 spiro atoms. The van der Waals surface area contributed by atoms with Gasteiger partial charge in [0, 0.05) is 0 Å². The van der Waals surface area contributed by atoms with Gasteiger partial charge in [0.15, 0.2) is 5.58 Å². The van der Waals surface area contributed by atoms with Crippen LogP contribution >= 0.6 is 0 Å². The minimum atomic E-state index is 0.125. The molecule has 0 atom stereocenters. The van der Waals surface area contributed by atoms with Gasteiger partial charge in [0.2, 0.25) is 5.89 Å². The molecule has 2 aromatic heterocycles. The van der Waals surface area contributed by atoms with Crippen molar-refractivity contribution < 1.29 is 9.52 Å². The van der Waals surface area contributed by atoms with Gasteiger partial charge in [-0.05, 0) is 24.3 Å². The molecule has 1 aromatic carbocycles. The van der Waals surface area contributed by atoms with E-state index in [1.807, 2.05) is 24.3 Å². The zero-order valence-corrected chi connectivity index (χ0v) is 8.29. The van der Waals surface area contributed by atoms with Crippen molar-refractivity contribution in [1.82, 2.24) is 9.97 Å². The summed E-state index contributed by atoms with van der Waals surface area (Å²) >= 11 is 0. The quantitative estimate of drug-likeness (QED) is 0.673. The highest BCUT2D eigenvalue weighted by Crippen LogP contribution is 2.23. The largest absolute Gasteiger partial charge is 0.506 e. The normalized spacial score (nSPS) is 10.8. The molecule has 0 bridgehead atoms. The summed E-state index contributed by atoms with van der Waals surface area (Å²) in [5.41, 5.74) is 2.13. The van der Waals surface area contributed by atoms with Gasteiger partial charge in [0.1, 0.15) is 17.0 Å². The van der Waals surface area contributed by atoms with Crippen LogP contribution in [0, 0.1) is 0 Å². The smallest absolute Gasteiger partial charge is 0.246 e. The molecule has 1 N–H and O–H groups in total. The van der Waals surface area contributed by atoms with Crippen LogP contribution in [0.5, 0.6) is 5.75 Å². The summed E-state index contributed by atoms with van der Waals surface area (Å²) in [5, 5.41) is 9.13. The van der Waals surface area contributed by atoms with Crippen LogP contribution in [0.4, 0.5) is 0 Å². The molecule has 78 valence electrons. The van der Waals surface area contributed by atoms with Gasteiger partial charge in [0.05, 0.1) is 6.20 Å². The van der Waals surface area contributed by atoms with Crippen LogP contribution in [0.2, 0.25) is 0 Å². The first kappa shape index (κ1) is 8.91. The van der Waals surface area contributed by atoms with Crippen molar-refractivity contribution in [3.05, 3.63) is 42.6 Å². The van der Waals surface area contributed by atoms with Crippen molar-refractivity contribution in [1.29, 1.82) is 0 Å². The third-order valence-electron chi connectivity index (χ3n) is 2.26. The Labute approximate surface area is 91.2 Å². The van der Waals surface area contributed by atoms with Crippen molar-refractivity contribution in [3.63, 3.8) is 0 Å². The molecule has 3 aromatic rings. The highest BCUT2D eigenvalue weighted by atomic mass is 16.3. The zero-order chi connectivity index (χ0) is 11.0. The summed E-state index contributed by atoms with van der Waals surface area (Å²) in [6.07, 6.45) is 1.37. The lowest BCUT2D eigenvalue weighted by Crippen LogP contribution is -1.81. The van der Waals surface area contributed by atoms with E-state index in [0.717, 1.165) is 11.1 Å². The average molecular weight is 212 g/mol. The molecule has 0 radical (unpaired) electrons. The van der Waals surface area contributed by atoms with Crippen molar-refractivity contribution >= 4 is 11.1 Å². The van der Waals surface area contributed by atoms with Crippen LogP contribution in [-0.2, 0) is 0 Å². The molecule has 3 rings (SSSR count). The molecular formula is C12H8N2O2. The molecule has 4 nitrogen and oxygen atoms in total. The third kappa shape index (κ3) is 1.40. The lowest BCUT2D eigenvalue weighted by atomic mass is 10.3. The van der Waals surface area contributed by atoms with E-state index in [4.69, 9.17) is 9.52 Å². The number of aromatic nitrogens is 2. The number of pyridine rings is 1. The summed E-state index contributed by atoms with van der Waals surface area (Å²) in [6.45, 7) is 0. The van der Waals surface area contributed by atoms with E-state index in [1.165, 1.54) is 6.20 Å². The Bertz CT molecular complexity index is 596. The number of nitrogens with zero attached hydrogens (tertiary/aromatic N) is 2. The third-order valence-corrected chi connectivity index (χ3v) is 2.26. The molecule has 0 saturated heterocycles. The predicted octanol–water partition coefficient (Wildman–Crippen LogP) is 2.60. The molecule has 0 unspecified atom stereocenters. The highest BCUT2D eigenvalue weighted by molar-refractivity contribution is 5.75. The van der Waals surface area contributed by atoms with E-state index in [0.29, 0.717) is 11.6 Å². The number of benzene rings is 1.